The lowest BCUT2D eigenvalue weighted by molar-refractivity contribution is -0.140. The van der Waals surface area contributed by atoms with Gasteiger partial charge in [0.05, 0.1) is 22.3 Å². The number of carbonyl (C=O) groups is 3. The molecule has 2 aliphatic heterocycles. The summed E-state index contributed by atoms with van der Waals surface area (Å²) >= 11 is 0. The van der Waals surface area contributed by atoms with Crippen LogP contribution in [0.1, 0.15) is 45.6 Å². The van der Waals surface area contributed by atoms with Gasteiger partial charge in [0.15, 0.2) is 16.0 Å². The average Bonchev–Trinajstić information content (AvgIpc) is 3.58. The minimum Gasteiger partial charge on any atom is -0.444 e. The molecule has 0 unspecified atom stereocenters. The summed E-state index contributed by atoms with van der Waals surface area (Å²) in [5.41, 5.74) is -2.62. The van der Waals surface area contributed by atoms with Crippen molar-refractivity contribution in [3.63, 3.8) is 0 Å². The maximum absolute atomic E-state index is 14.2. The number of likely N-dealkylation sites (tertiary alicyclic amines) is 1. The lowest BCUT2D eigenvalue weighted by atomic mass is 10.1. The van der Waals surface area contributed by atoms with Gasteiger partial charge in [-0.25, -0.2) is 18.1 Å². The molecule has 0 N–H and O–H groups in total. The first-order valence-corrected chi connectivity index (χ1v) is 14.1. The Morgan fingerprint density at radius 3 is 2.42 bits per heavy atom. The maximum atomic E-state index is 14.2. The van der Waals surface area contributed by atoms with Gasteiger partial charge in [0, 0.05) is 24.8 Å². The standard InChI is InChI=1S/C25H29F3N4O7S/c1-24(2,3)39-23(35)31-12-17(11-19(31)22(34)32(14-29)15-4-5-15)40(36,37)20-7-6-16(10-18(20)25(26,27)28)30-8-9-38-13-21(30)33/h6-7,10,15,17,19H,4-5,8-9,11-13H2,1-3H3/t17-,19+/m1/s1. The summed E-state index contributed by atoms with van der Waals surface area (Å²) in [5.74, 6) is -1.39. The number of anilines is 1. The molecule has 0 radical (unpaired) electrons. The number of benzene rings is 1. The molecule has 3 amide bonds. The summed E-state index contributed by atoms with van der Waals surface area (Å²) in [6.07, 6.45) is -3.75. The van der Waals surface area contributed by atoms with Gasteiger partial charge in [-0.15, -0.1) is 0 Å². The van der Waals surface area contributed by atoms with Crippen molar-refractivity contribution in [1.82, 2.24) is 9.80 Å². The average molecular weight is 587 g/mol. The molecule has 2 heterocycles. The third kappa shape index (κ3) is 6.02. The number of nitrogens with zero attached hydrogens (tertiary/aromatic N) is 4. The number of sulfone groups is 1. The molecule has 3 fully saturated rings. The van der Waals surface area contributed by atoms with Crippen LogP contribution in [0.15, 0.2) is 23.1 Å². The maximum Gasteiger partial charge on any atom is 0.417 e. The van der Waals surface area contributed by atoms with Gasteiger partial charge in [-0.3, -0.25) is 14.5 Å². The van der Waals surface area contributed by atoms with Crippen molar-refractivity contribution in [3.05, 3.63) is 23.8 Å². The second-order valence-corrected chi connectivity index (χ2v) is 13.1. The van der Waals surface area contributed by atoms with E-state index >= 15 is 0 Å². The molecule has 15 heteroatoms. The third-order valence-corrected chi connectivity index (χ3v) is 8.93. The van der Waals surface area contributed by atoms with Crippen molar-refractivity contribution in [1.29, 1.82) is 5.26 Å². The highest BCUT2D eigenvalue weighted by Gasteiger charge is 2.51. The Balaban J connectivity index is 1.71. The molecule has 1 aromatic carbocycles. The quantitative estimate of drug-likeness (QED) is 0.379. The zero-order chi connectivity index (χ0) is 29.6. The van der Waals surface area contributed by atoms with Crippen molar-refractivity contribution in [2.24, 2.45) is 0 Å². The van der Waals surface area contributed by atoms with Gasteiger partial charge >= 0.3 is 12.3 Å². The minimum absolute atomic E-state index is 0.00409. The van der Waals surface area contributed by atoms with Gasteiger partial charge in [0.25, 0.3) is 11.8 Å². The smallest absolute Gasteiger partial charge is 0.417 e. The predicted octanol–water partition coefficient (Wildman–Crippen LogP) is 2.69. The van der Waals surface area contributed by atoms with Gasteiger partial charge in [0.2, 0.25) is 0 Å². The molecule has 2 atom stereocenters. The van der Waals surface area contributed by atoms with Crippen molar-refractivity contribution < 1.29 is 45.4 Å². The number of amides is 3. The van der Waals surface area contributed by atoms with E-state index in [9.17, 15) is 41.2 Å². The number of rotatable bonds is 5. The Kier molecular flexibility index (Phi) is 7.81. The second kappa shape index (κ2) is 10.5. The lowest BCUT2D eigenvalue weighted by Gasteiger charge is -2.29. The van der Waals surface area contributed by atoms with E-state index in [0.29, 0.717) is 18.9 Å². The summed E-state index contributed by atoms with van der Waals surface area (Å²) < 4.78 is 80.3. The second-order valence-electron chi connectivity index (χ2n) is 10.9. The number of morpholine rings is 1. The Hall–Kier alpha value is -3.38. The number of nitriles is 1. The molecule has 40 heavy (non-hydrogen) atoms. The molecule has 218 valence electrons. The van der Waals surface area contributed by atoms with Gasteiger partial charge in [-0.1, -0.05) is 0 Å². The van der Waals surface area contributed by atoms with Crippen LogP contribution in [0.5, 0.6) is 0 Å². The van der Waals surface area contributed by atoms with Gasteiger partial charge in [-0.2, -0.15) is 18.4 Å². The van der Waals surface area contributed by atoms with E-state index in [0.717, 1.165) is 26.8 Å². The number of ether oxygens (including phenoxy) is 2. The fourth-order valence-electron chi connectivity index (χ4n) is 4.71. The van der Waals surface area contributed by atoms with Crippen LogP contribution in [-0.2, 0) is 35.1 Å². The monoisotopic (exact) mass is 586 g/mol. The van der Waals surface area contributed by atoms with E-state index in [-0.39, 0.29) is 31.5 Å². The lowest BCUT2D eigenvalue weighted by Crippen LogP contribution is -2.48. The van der Waals surface area contributed by atoms with Crippen LogP contribution in [0.4, 0.5) is 23.7 Å². The highest BCUT2D eigenvalue weighted by Crippen LogP contribution is 2.40. The number of hydrogen-bond acceptors (Lipinski definition) is 8. The van der Waals surface area contributed by atoms with Crippen LogP contribution in [0.2, 0.25) is 0 Å². The van der Waals surface area contributed by atoms with Crippen molar-refractivity contribution >= 4 is 33.4 Å². The highest BCUT2D eigenvalue weighted by atomic mass is 32.2. The Morgan fingerprint density at radius 2 is 1.88 bits per heavy atom. The number of hydrogen-bond donors (Lipinski definition) is 0. The fraction of sp³-hybridized carbons (Fsp3) is 0.600. The zero-order valence-corrected chi connectivity index (χ0v) is 22.9. The molecule has 3 aliphatic rings. The predicted molar refractivity (Wildman–Crippen MR) is 132 cm³/mol. The third-order valence-electron chi connectivity index (χ3n) is 6.74. The molecule has 2 saturated heterocycles. The topological polar surface area (TPSA) is 137 Å². The first-order chi connectivity index (χ1) is 18.5. The summed E-state index contributed by atoms with van der Waals surface area (Å²) in [5, 5.41) is 7.91. The van der Waals surface area contributed by atoms with E-state index in [4.69, 9.17) is 9.47 Å². The molecule has 0 aromatic heterocycles. The van der Waals surface area contributed by atoms with Crippen LogP contribution < -0.4 is 4.90 Å². The first kappa shape index (κ1) is 29.6. The number of halogens is 3. The van der Waals surface area contributed by atoms with Gasteiger partial charge in [-0.05, 0) is 58.2 Å². The van der Waals surface area contributed by atoms with E-state index in [1.165, 1.54) is 0 Å². The van der Waals surface area contributed by atoms with Gasteiger partial charge in [0.1, 0.15) is 18.2 Å². The van der Waals surface area contributed by atoms with Crippen LogP contribution in [0.3, 0.4) is 0 Å². The minimum atomic E-state index is -5.10. The van der Waals surface area contributed by atoms with Crippen LogP contribution in [-0.4, -0.2) is 85.4 Å². The molecule has 0 spiro atoms. The summed E-state index contributed by atoms with van der Waals surface area (Å²) in [4.78, 5) is 40.2. The van der Waals surface area contributed by atoms with Crippen molar-refractivity contribution in [2.45, 2.75) is 74.0 Å². The SMILES string of the molecule is CC(C)(C)OC(=O)N1C[C@H](S(=O)(=O)c2ccc(N3CCOCC3=O)cc2C(F)(F)F)C[C@H]1C(=O)N(C#N)C1CC1. The molecule has 0 bridgehead atoms. The van der Waals surface area contributed by atoms with E-state index in [2.05, 4.69) is 0 Å². The summed E-state index contributed by atoms with van der Waals surface area (Å²) in [6, 6.07) is 0.702. The molecular weight excluding hydrogens is 557 g/mol. The largest absolute Gasteiger partial charge is 0.444 e. The van der Waals surface area contributed by atoms with E-state index in [1.54, 1.807) is 27.0 Å². The Bertz CT molecular complexity index is 1350. The van der Waals surface area contributed by atoms with Crippen LogP contribution in [0.25, 0.3) is 0 Å². The number of carbonyl (C=O) groups excluding carboxylic acids is 3. The Labute approximate surface area is 229 Å². The summed E-state index contributed by atoms with van der Waals surface area (Å²) in [6.45, 7) is 3.86. The molecule has 4 rings (SSSR count). The molecule has 1 aromatic rings. The fourth-order valence-corrected chi connectivity index (χ4v) is 6.60. The number of alkyl halides is 3. The first-order valence-electron chi connectivity index (χ1n) is 12.6. The van der Waals surface area contributed by atoms with Gasteiger partial charge < -0.3 is 14.4 Å². The molecule has 1 aliphatic carbocycles. The Morgan fingerprint density at radius 1 is 1.20 bits per heavy atom. The van der Waals surface area contributed by atoms with Crippen LogP contribution in [0, 0.1) is 11.5 Å². The zero-order valence-electron chi connectivity index (χ0n) is 22.1. The van der Waals surface area contributed by atoms with E-state index in [1.807, 2.05) is 0 Å². The van der Waals surface area contributed by atoms with E-state index < -0.39 is 74.2 Å². The summed E-state index contributed by atoms with van der Waals surface area (Å²) in [7, 11) is -4.78. The molecule has 11 nitrogen and oxygen atoms in total. The molecular formula is C25H29F3N4O7S. The van der Waals surface area contributed by atoms with Crippen molar-refractivity contribution in [3.8, 4) is 6.19 Å². The van der Waals surface area contributed by atoms with Crippen molar-refractivity contribution in [2.75, 3.05) is 31.2 Å². The van der Waals surface area contributed by atoms with Crippen LogP contribution >= 0.6 is 0 Å². The molecule has 1 saturated carbocycles. The normalized spacial score (nSPS) is 22.2. The highest BCUT2D eigenvalue weighted by molar-refractivity contribution is 7.92.